The van der Waals surface area contributed by atoms with Crippen LogP contribution in [0.5, 0.6) is 0 Å². The van der Waals surface area contributed by atoms with Gasteiger partial charge >= 0.3 is 0 Å². The van der Waals surface area contributed by atoms with Crippen molar-refractivity contribution in [2.45, 2.75) is 30.5 Å². The van der Waals surface area contributed by atoms with Gasteiger partial charge in [-0.3, -0.25) is 0 Å². The van der Waals surface area contributed by atoms with Crippen molar-refractivity contribution in [1.82, 2.24) is 0 Å². The molecule has 1 fully saturated rings. The minimum atomic E-state index is 0.730. The zero-order valence-electron chi connectivity index (χ0n) is 7.30. The van der Waals surface area contributed by atoms with Crippen molar-refractivity contribution in [1.29, 1.82) is 0 Å². The largest absolute Gasteiger partial charge is 0.128 e. The molecule has 0 amide bonds. The molecular weight excluding hydrogens is 268 g/mol. The molecule has 72 valence electrons. The molecular formula is C10H12BrClS. The van der Waals surface area contributed by atoms with E-state index in [9.17, 15) is 0 Å². The third kappa shape index (κ3) is 2.97. The summed E-state index contributed by atoms with van der Waals surface area (Å²) < 4.78 is 0.910. The van der Waals surface area contributed by atoms with Gasteiger partial charge < -0.3 is 0 Å². The van der Waals surface area contributed by atoms with Crippen LogP contribution >= 0.6 is 38.9 Å². The lowest BCUT2D eigenvalue weighted by molar-refractivity contribution is 0.701. The second-order valence-electron chi connectivity index (χ2n) is 3.60. The topological polar surface area (TPSA) is 0 Å². The minimum Gasteiger partial charge on any atom is -0.128 e. The Morgan fingerprint density at radius 2 is 2.31 bits per heavy atom. The first-order valence-corrected chi connectivity index (χ1v) is 6.75. The van der Waals surface area contributed by atoms with E-state index in [1.165, 1.54) is 30.6 Å². The molecule has 0 spiro atoms. The Kier molecular flexibility index (Phi) is 3.33. The summed E-state index contributed by atoms with van der Waals surface area (Å²) in [5.74, 6) is 0.954. The average Bonchev–Trinajstić information content (AvgIpc) is 2.87. The van der Waals surface area contributed by atoms with E-state index in [1.54, 1.807) is 11.3 Å². The van der Waals surface area contributed by atoms with Crippen LogP contribution in [0.4, 0.5) is 0 Å². The standard InChI is InChI=1S/C10H12BrClS/c11-9(7-1-2-7)5-3-8-4-6-10(12)13-8/h4,6-7,9H,1-3,5H2. The van der Waals surface area contributed by atoms with E-state index in [0.717, 1.165) is 15.1 Å². The summed E-state index contributed by atoms with van der Waals surface area (Å²) in [6.45, 7) is 0. The van der Waals surface area contributed by atoms with E-state index < -0.39 is 0 Å². The van der Waals surface area contributed by atoms with Crippen LogP contribution in [0.25, 0.3) is 0 Å². The quantitative estimate of drug-likeness (QED) is 0.712. The summed E-state index contributed by atoms with van der Waals surface area (Å²) in [6.07, 6.45) is 5.26. The Morgan fingerprint density at radius 1 is 1.54 bits per heavy atom. The van der Waals surface area contributed by atoms with Crippen LogP contribution in [0.1, 0.15) is 24.1 Å². The van der Waals surface area contributed by atoms with E-state index in [1.807, 2.05) is 6.07 Å². The molecule has 1 heterocycles. The number of aryl methyl sites for hydroxylation is 1. The lowest BCUT2D eigenvalue weighted by atomic mass is 10.1. The van der Waals surface area contributed by atoms with Crippen LogP contribution in [-0.2, 0) is 6.42 Å². The molecule has 1 unspecified atom stereocenters. The van der Waals surface area contributed by atoms with Gasteiger partial charge in [-0.25, -0.2) is 0 Å². The summed E-state index contributed by atoms with van der Waals surface area (Å²) in [6, 6.07) is 4.13. The number of hydrogen-bond acceptors (Lipinski definition) is 1. The lowest BCUT2D eigenvalue weighted by Gasteiger charge is -2.05. The number of hydrogen-bond donors (Lipinski definition) is 0. The number of halogens is 2. The highest BCUT2D eigenvalue weighted by Gasteiger charge is 2.28. The highest BCUT2D eigenvalue weighted by molar-refractivity contribution is 9.09. The molecule has 13 heavy (non-hydrogen) atoms. The molecule has 3 heteroatoms. The minimum absolute atomic E-state index is 0.730. The fourth-order valence-electron chi connectivity index (χ4n) is 1.46. The first-order chi connectivity index (χ1) is 6.25. The molecule has 0 radical (unpaired) electrons. The molecule has 0 saturated heterocycles. The molecule has 0 aromatic carbocycles. The SMILES string of the molecule is Clc1ccc(CCC(Br)C2CC2)s1. The highest BCUT2D eigenvalue weighted by Crippen LogP contribution is 2.39. The van der Waals surface area contributed by atoms with Gasteiger partial charge in [0.05, 0.1) is 4.34 Å². The van der Waals surface area contributed by atoms with E-state index in [2.05, 4.69) is 22.0 Å². The maximum atomic E-state index is 5.86. The van der Waals surface area contributed by atoms with Gasteiger partial charge in [-0.1, -0.05) is 27.5 Å². The normalized spacial score (nSPS) is 18.9. The van der Waals surface area contributed by atoms with Gasteiger partial charge in [0.15, 0.2) is 0 Å². The molecule has 0 nitrogen and oxygen atoms in total. The van der Waals surface area contributed by atoms with E-state index >= 15 is 0 Å². The van der Waals surface area contributed by atoms with E-state index in [0.29, 0.717) is 0 Å². The Morgan fingerprint density at radius 3 is 2.85 bits per heavy atom. The third-order valence-electron chi connectivity index (χ3n) is 2.43. The zero-order chi connectivity index (χ0) is 9.26. The van der Waals surface area contributed by atoms with Crippen LogP contribution in [0, 0.1) is 5.92 Å². The van der Waals surface area contributed by atoms with Gasteiger partial charge in [0.1, 0.15) is 0 Å². The molecule has 0 aliphatic heterocycles. The second-order valence-corrected chi connectivity index (χ2v) is 6.57. The monoisotopic (exact) mass is 278 g/mol. The fourth-order valence-corrected chi connectivity index (χ4v) is 3.32. The van der Waals surface area contributed by atoms with Crippen molar-refractivity contribution in [2.75, 3.05) is 0 Å². The van der Waals surface area contributed by atoms with E-state index in [-0.39, 0.29) is 0 Å². The molecule has 1 aromatic heterocycles. The number of alkyl halides is 1. The van der Waals surface area contributed by atoms with Crippen molar-refractivity contribution in [3.8, 4) is 0 Å². The summed E-state index contributed by atoms with van der Waals surface area (Å²) in [5, 5.41) is 0. The summed E-state index contributed by atoms with van der Waals surface area (Å²) >= 11 is 11.3. The molecule has 1 saturated carbocycles. The van der Waals surface area contributed by atoms with E-state index in [4.69, 9.17) is 11.6 Å². The molecule has 0 N–H and O–H groups in total. The van der Waals surface area contributed by atoms with Gasteiger partial charge in [-0.05, 0) is 43.7 Å². The Balaban J connectivity index is 1.78. The van der Waals surface area contributed by atoms with Crippen LogP contribution in [0.3, 0.4) is 0 Å². The van der Waals surface area contributed by atoms with Crippen molar-refractivity contribution in [3.05, 3.63) is 21.3 Å². The molecule has 0 bridgehead atoms. The molecule has 1 aromatic rings. The van der Waals surface area contributed by atoms with Gasteiger partial charge in [-0.15, -0.1) is 11.3 Å². The van der Waals surface area contributed by atoms with Crippen LogP contribution < -0.4 is 0 Å². The van der Waals surface area contributed by atoms with Gasteiger partial charge in [0.25, 0.3) is 0 Å². The maximum Gasteiger partial charge on any atom is 0.0931 e. The Labute approximate surface area is 96.4 Å². The van der Waals surface area contributed by atoms with Crippen LogP contribution in [0.2, 0.25) is 4.34 Å². The molecule has 1 aliphatic carbocycles. The van der Waals surface area contributed by atoms with Crippen molar-refractivity contribution in [3.63, 3.8) is 0 Å². The maximum absolute atomic E-state index is 5.86. The number of thiophene rings is 1. The fraction of sp³-hybridized carbons (Fsp3) is 0.600. The highest BCUT2D eigenvalue weighted by atomic mass is 79.9. The third-order valence-corrected chi connectivity index (χ3v) is 4.93. The van der Waals surface area contributed by atoms with Crippen molar-refractivity contribution in [2.24, 2.45) is 5.92 Å². The van der Waals surface area contributed by atoms with Crippen LogP contribution in [0.15, 0.2) is 12.1 Å². The van der Waals surface area contributed by atoms with Gasteiger partial charge in [-0.2, -0.15) is 0 Å². The predicted molar refractivity (Wildman–Crippen MR) is 63.1 cm³/mol. The summed E-state index contributed by atoms with van der Waals surface area (Å²) in [4.78, 5) is 2.14. The molecule has 1 aliphatic rings. The summed E-state index contributed by atoms with van der Waals surface area (Å²) in [7, 11) is 0. The smallest absolute Gasteiger partial charge is 0.0931 e. The van der Waals surface area contributed by atoms with Crippen molar-refractivity contribution < 1.29 is 0 Å². The summed E-state index contributed by atoms with van der Waals surface area (Å²) in [5.41, 5.74) is 0. The van der Waals surface area contributed by atoms with Crippen LogP contribution in [-0.4, -0.2) is 4.83 Å². The first kappa shape index (κ1) is 10.0. The molecule has 2 rings (SSSR count). The lowest BCUT2D eigenvalue weighted by Crippen LogP contribution is -2.01. The first-order valence-electron chi connectivity index (χ1n) is 4.64. The van der Waals surface area contributed by atoms with Gasteiger partial charge in [0, 0.05) is 9.70 Å². The average molecular weight is 280 g/mol. The number of rotatable bonds is 4. The molecule has 1 atom stereocenters. The second kappa shape index (κ2) is 4.33. The van der Waals surface area contributed by atoms with Crippen molar-refractivity contribution >= 4 is 38.9 Å². The predicted octanol–water partition coefficient (Wildman–Crippen LogP) is 4.51. The van der Waals surface area contributed by atoms with Gasteiger partial charge in [0.2, 0.25) is 0 Å². The Hall–Kier alpha value is 0.470. The Bertz CT molecular complexity index is 280. The zero-order valence-corrected chi connectivity index (χ0v) is 10.5.